The summed E-state index contributed by atoms with van der Waals surface area (Å²) < 4.78 is 6.32. The predicted molar refractivity (Wildman–Crippen MR) is 135 cm³/mol. The third-order valence-electron chi connectivity index (χ3n) is 5.32. The van der Waals surface area contributed by atoms with Crippen molar-refractivity contribution in [2.45, 2.75) is 26.7 Å². The van der Waals surface area contributed by atoms with Crippen LogP contribution in [-0.4, -0.2) is 24.9 Å². The molecule has 7 nitrogen and oxygen atoms in total. The van der Waals surface area contributed by atoms with E-state index >= 15 is 0 Å². The maximum atomic E-state index is 12.9. The zero-order chi connectivity index (χ0) is 24.8. The van der Waals surface area contributed by atoms with Gasteiger partial charge in [-0.15, -0.1) is 0 Å². The molecule has 0 unspecified atom stereocenters. The topological polar surface area (TPSA) is 95.7 Å². The van der Waals surface area contributed by atoms with Crippen molar-refractivity contribution in [3.8, 4) is 17.6 Å². The number of carbonyl (C=O) groups excluding carboxylic acids is 1. The minimum Gasteiger partial charge on any atom is -0.456 e. The Kier molecular flexibility index (Phi) is 7.40. The lowest BCUT2D eigenvalue weighted by Crippen LogP contribution is -2.22. The maximum Gasteiger partial charge on any atom is 0.257 e. The molecule has 7 heteroatoms. The Morgan fingerprint density at radius 3 is 2.35 bits per heavy atom. The van der Waals surface area contributed by atoms with Gasteiger partial charge in [-0.25, -0.2) is 4.85 Å². The lowest BCUT2D eigenvalue weighted by atomic mass is 10.0. The smallest absolute Gasteiger partial charge is 0.257 e. The van der Waals surface area contributed by atoms with Gasteiger partial charge in [0, 0.05) is 32.3 Å². The first-order chi connectivity index (χ1) is 16.2. The first-order valence-electron chi connectivity index (χ1n) is 10.8. The summed E-state index contributed by atoms with van der Waals surface area (Å²) in [5.74, 6) is 0.811. The molecular formula is C27H27N5O2. The van der Waals surface area contributed by atoms with Gasteiger partial charge >= 0.3 is 0 Å². The number of nitrogens with one attached hydrogen (secondary N) is 1. The summed E-state index contributed by atoms with van der Waals surface area (Å²) in [5.41, 5.74) is 11.8. The van der Waals surface area contributed by atoms with Crippen molar-refractivity contribution in [2.75, 3.05) is 25.1 Å². The van der Waals surface area contributed by atoms with Gasteiger partial charge in [-0.05, 0) is 55.2 Å². The summed E-state index contributed by atoms with van der Waals surface area (Å²) in [6.07, 6.45) is 1.12. The number of aryl methyl sites for hydroxylation is 3. The van der Waals surface area contributed by atoms with Crippen LogP contribution in [0.4, 0.5) is 22.7 Å². The van der Waals surface area contributed by atoms with Crippen LogP contribution in [0.3, 0.4) is 0 Å². The first kappa shape index (κ1) is 24.2. The molecule has 0 aliphatic carbocycles. The van der Waals surface area contributed by atoms with Crippen molar-refractivity contribution in [3.05, 3.63) is 82.2 Å². The quantitative estimate of drug-likeness (QED) is 0.331. The van der Waals surface area contributed by atoms with E-state index in [-0.39, 0.29) is 5.91 Å². The number of amides is 1. The molecule has 3 aromatic rings. The van der Waals surface area contributed by atoms with Crippen LogP contribution in [0.15, 0.2) is 48.5 Å². The molecule has 3 N–H and O–H groups in total. The molecule has 0 fully saturated rings. The predicted octanol–water partition coefficient (Wildman–Crippen LogP) is 6.13. The van der Waals surface area contributed by atoms with Gasteiger partial charge < -0.3 is 20.7 Å². The summed E-state index contributed by atoms with van der Waals surface area (Å²) in [6.45, 7) is 11.0. The molecule has 1 amide bonds. The van der Waals surface area contributed by atoms with Crippen LogP contribution >= 0.6 is 0 Å². The Hall–Kier alpha value is -4.49. The Morgan fingerprint density at radius 2 is 1.79 bits per heavy atom. The van der Waals surface area contributed by atoms with Crippen molar-refractivity contribution in [2.24, 2.45) is 0 Å². The van der Waals surface area contributed by atoms with E-state index in [9.17, 15) is 4.79 Å². The van der Waals surface area contributed by atoms with Crippen LogP contribution in [0.25, 0.3) is 4.85 Å². The molecule has 0 radical (unpaired) electrons. The zero-order valence-corrected chi connectivity index (χ0v) is 19.8. The minimum absolute atomic E-state index is 0.226. The molecule has 0 heterocycles. The summed E-state index contributed by atoms with van der Waals surface area (Å²) in [4.78, 5) is 17.8. The van der Waals surface area contributed by atoms with Gasteiger partial charge in [0.25, 0.3) is 5.91 Å². The van der Waals surface area contributed by atoms with E-state index in [0.29, 0.717) is 47.0 Å². The molecule has 34 heavy (non-hydrogen) atoms. The molecule has 0 atom stereocenters. The van der Waals surface area contributed by atoms with Crippen molar-refractivity contribution < 1.29 is 9.53 Å². The van der Waals surface area contributed by atoms with Crippen molar-refractivity contribution in [1.29, 1.82) is 5.26 Å². The number of anilines is 3. The van der Waals surface area contributed by atoms with Crippen LogP contribution in [0.2, 0.25) is 0 Å². The number of hydrogen-bond acceptors (Lipinski definition) is 5. The fourth-order valence-corrected chi connectivity index (χ4v) is 3.63. The summed E-state index contributed by atoms with van der Waals surface area (Å²) in [5, 5.41) is 12.1. The number of nitrogens with zero attached hydrogens (tertiary/aromatic N) is 3. The fourth-order valence-electron chi connectivity index (χ4n) is 3.63. The van der Waals surface area contributed by atoms with E-state index in [2.05, 4.69) is 16.2 Å². The average molecular weight is 454 g/mol. The molecule has 0 saturated carbocycles. The third kappa shape index (κ3) is 5.46. The van der Waals surface area contributed by atoms with E-state index in [1.54, 1.807) is 50.5 Å². The minimum atomic E-state index is -0.226. The molecule has 0 saturated heterocycles. The van der Waals surface area contributed by atoms with Gasteiger partial charge in [-0.1, -0.05) is 24.3 Å². The number of ether oxygens (including phenoxy) is 1. The third-order valence-corrected chi connectivity index (χ3v) is 5.32. The second-order valence-electron chi connectivity index (χ2n) is 8.24. The van der Waals surface area contributed by atoms with Gasteiger partial charge in [-0.3, -0.25) is 4.79 Å². The molecule has 0 spiro atoms. The van der Waals surface area contributed by atoms with E-state index in [1.165, 1.54) is 4.90 Å². The van der Waals surface area contributed by atoms with Crippen LogP contribution < -0.4 is 15.8 Å². The molecule has 0 aromatic heterocycles. The van der Waals surface area contributed by atoms with Gasteiger partial charge in [0.1, 0.15) is 11.5 Å². The fraction of sp³-hybridized carbons (Fsp3) is 0.222. The van der Waals surface area contributed by atoms with Crippen molar-refractivity contribution in [1.82, 2.24) is 4.90 Å². The SMILES string of the molecule is [C-]#[N+]c1ccc(Nc2cc(Oc3c(C)cc(CCC#N)cc3C)c(C(=O)N(C)C)cc2N)cc1. The van der Waals surface area contributed by atoms with Crippen LogP contribution in [0, 0.1) is 31.8 Å². The van der Waals surface area contributed by atoms with Crippen LogP contribution in [0.5, 0.6) is 11.5 Å². The summed E-state index contributed by atoms with van der Waals surface area (Å²) in [6, 6.07) is 16.5. The highest BCUT2D eigenvalue weighted by Gasteiger charge is 2.20. The van der Waals surface area contributed by atoms with Crippen LogP contribution in [0.1, 0.15) is 33.5 Å². The number of nitrogen functional groups attached to an aromatic ring is 1. The number of benzene rings is 3. The first-order valence-corrected chi connectivity index (χ1v) is 10.8. The number of rotatable bonds is 7. The Balaban J connectivity index is 2.03. The zero-order valence-electron chi connectivity index (χ0n) is 19.8. The Labute approximate surface area is 200 Å². The molecule has 0 bridgehead atoms. The largest absolute Gasteiger partial charge is 0.456 e. The van der Waals surface area contributed by atoms with Crippen molar-refractivity contribution in [3.63, 3.8) is 0 Å². The number of nitrogens with two attached hydrogens (primary N) is 1. The normalized spacial score (nSPS) is 10.2. The van der Waals surface area contributed by atoms with Crippen molar-refractivity contribution >= 4 is 28.7 Å². The second-order valence-corrected chi connectivity index (χ2v) is 8.24. The van der Waals surface area contributed by atoms with Gasteiger partial charge in [0.15, 0.2) is 5.69 Å². The lowest BCUT2D eigenvalue weighted by Gasteiger charge is -2.20. The van der Waals surface area contributed by atoms with E-state index in [0.717, 1.165) is 22.4 Å². The highest BCUT2D eigenvalue weighted by molar-refractivity contribution is 5.99. The molecule has 3 aromatic carbocycles. The van der Waals surface area contributed by atoms with Gasteiger partial charge in [0.2, 0.25) is 0 Å². The van der Waals surface area contributed by atoms with E-state index < -0.39 is 0 Å². The standard InChI is InChI=1S/C27H27N5O2/c1-17-13-19(7-6-12-28)14-18(2)26(17)34-25-16-24(23(29)15-22(25)27(33)32(4)5)31-21-10-8-20(30-3)9-11-21/h8-11,13-16,31H,6-7,29H2,1-2,4-5H3. The second kappa shape index (κ2) is 10.4. The molecule has 0 aliphatic heterocycles. The van der Waals surface area contributed by atoms with Crippen LogP contribution in [-0.2, 0) is 6.42 Å². The van der Waals surface area contributed by atoms with Gasteiger partial charge in [0.05, 0.1) is 29.6 Å². The van der Waals surface area contributed by atoms with Gasteiger partial charge in [-0.2, -0.15) is 5.26 Å². The van der Waals surface area contributed by atoms with E-state index in [1.807, 2.05) is 26.0 Å². The molecule has 172 valence electrons. The monoisotopic (exact) mass is 453 g/mol. The highest BCUT2D eigenvalue weighted by Crippen LogP contribution is 2.37. The summed E-state index contributed by atoms with van der Waals surface area (Å²) >= 11 is 0. The maximum absolute atomic E-state index is 12.9. The Bertz CT molecular complexity index is 1280. The summed E-state index contributed by atoms with van der Waals surface area (Å²) in [7, 11) is 3.35. The number of hydrogen-bond donors (Lipinski definition) is 2. The average Bonchev–Trinajstić information content (AvgIpc) is 2.81. The molecule has 0 aliphatic rings. The number of carbonyl (C=O) groups is 1. The molecular weight excluding hydrogens is 426 g/mol. The lowest BCUT2D eigenvalue weighted by molar-refractivity contribution is 0.0825. The molecule has 3 rings (SSSR count). The Morgan fingerprint density at radius 1 is 1.15 bits per heavy atom. The highest BCUT2D eigenvalue weighted by atomic mass is 16.5. The van der Waals surface area contributed by atoms with E-state index in [4.69, 9.17) is 22.3 Å². The number of nitriles is 1.